The standard InChI is InChI=1S/C30H33N3O/c1-4-5-15-28(34)27-18-26-21(2)22(3)33(19-23-11-7-6-8-12-23)29(26)30(31-27)32-17-16-24-13-9-10-14-25(24)20-32/h6-14,18H,4-5,15-17,19-20H2,1-3H3. The number of fused-ring (bicyclic) bond motifs is 2. The number of carbonyl (C=O) groups is 1. The molecule has 0 fully saturated rings. The first-order valence-corrected chi connectivity index (χ1v) is 12.5. The van der Waals surface area contributed by atoms with Gasteiger partial charge in [0.2, 0.25) is 0 Å². The molecule has 1 aliphatic rings. The van der Waals surface area contributed by atoms with Crippen LogP contribution < -0.4 is 4.90 Å². The van der Waals surface area contributed by atoms with E-state index in [4.69, 9.17) is 4.98 Å². The molecule has 4 aromatic rings. The van der Waals surface area contributed by atoms with Crippen LogP contribution in [0.1, 0.15) is 64.6 Å². The minimum Gasteiger partial charge on any atom is -0.350 e. The van der Waals surface area contributed by atoms with Crippen LogP contribution in [0.25, 0.3) is 10.9 Å². The monoisotopic (exact) mass is 451 g/mol. The molecular weight excluding hydrogens is 418 g/mol. The maximum absolute atomic E-state index is 13.1. The molecule has 0 saturated carbocycles. The number of anilines is 1. The molecule has 0 unspecified atom stereocenters. The zero-order valence-electron chi connectivity index (χ0n) is 20.5. The smallest absolute Gasteiger partial charge is 0.181 e. The Morgan fingerprint density at radius 2 is 1.74 bits per heavy atom. The molecule has 4 nitrogen and oxygen atoms in total. The Labute approximate surface area is 202 Å². The molecule has 0 saturated heterocycles. The Kier molecular flexibility index (Phi) is 6.23. The largest absolute Gasteiger partial charge is 0.350 e. The second-order valence-electron chi connectivity index (χ2n) is 9.48. The molecule has 5 rings (SSSR count). The summed E-state index contributed by atoms with van der Waals surface area (Å²) in [6.07, 6.45) is 3.46. The Bertz CT molecular complexity index is 1340. The van der Waals surface area contributed by atoms with Gasteiger partial charge in [0.15, 0.2) is 11.6 Å². The summed E-state index contributed by atoms with van der Waals surface area (Å²) in [7, 11) is 0. The van der Waals surface area contributed by atoms with Crippen LogP contribution in [0.5, 0.6) is 0 Å². The highest BCUT2D eigenvalue weighted by Gasteiger charge is 2.25. The van der Waals surface area contributed by atoms with Crippen LogP contribution in [-0.2, 0) is 19.5 Å². The van der Waals surface area contributed by atoms with Gasteiger partial charge in [-0.25, -0.2) is 4.98 Å². The molecule has 2 aromatic heterocycles. The van der Waals surface area contributed by atoms with Gasteiger partial charge < -0.3 is 9.47 Å². The zero-order valence-corrected chi connectivity index (χ0v) is 20.5. The Morgan fingerprint density at radius 3 is 2.50 bits per heavy atom. The molecule has 3 heterocycles. The van der Waals surface area contributed by atoms with E-state index < -0.39 is 0 Å². The average molecular weight is 452 g/mol. The highest BCUT2D eigenvalue weighted by atomic mass is 16.1. The average Bonchev–Trinajstić information content (AvgIpc) is 3.11. The van der Waals surface area contributed by atoms with E-state index in [-0.39, 0.29) is 5.78 Å². The van der Waals surface area contributed by atoms with E-state index >= 15 is 0 Å². The van der Waals surface area contributed by atoms with Crippen molar-refractivity contribution in [1.29, 1.82) is 0 Å². The van der Waals surface area contributed by atoms with Crippen LogP contribution in [0, 0.1) is 13.8 Å². The maximum atomic E-state index is 13.1. The first kappa shape index (κ1) is 22.4. The molecule has 2 aromatic carbocycles. The van der Waals surface area contributed by atoms with Gasteiger partial charge in [-0.05, 0) is 55.0 Å². The summed E-state index contributed by atoms with van der Waals surface area (Å²) < 4.78 is 2.39. The Morgan fingerprint density at radius 1 is 1.00 bits per heavy atom. The molecule has 0 spiro atoms. The number of benzene rings is 2. The Hall–Kier alpha value is -3.40. The van der Waals surface area contributed by atoms with Gasteiger partial charge in [-0.2, -0.15) is 0 Å². The van der Waals surface area contributed by atoms with Crippen LogP contribution in [-0.4, -0.2) is 21.9 Å². The number of ketones is 1. The summed E-state index contributed by atoms with van der Waals surface area (Å²) in [6, 6.07) is 21.3. The minimum absolute atomic E-state index is 0.148. The number of hydrogen-bond acceptors (Lipinski definition) is 3. The summed E-state index contributed by atoms with van der Waals surface area (Å²) in [5.74, 6) is 1.09. The summed E-state index contributed by atoms with van der Waals surface area (Å²) >= 11 is 0. The lowest BCUT2D eigenvalue weighted by molar-refractivity contribution is 0.0975. The molecule has 0 bridgehead atoms. The van der Waals surface area contributed by atoms with Crippen molar-refractivity contribution in [2.75, 3.05) is 11.4 Å². The fraction of sp³-hybridized carbons (Fsp3) is 0.333. The second kappa shape index (κ2) is 9.46. The number of carbonyl (C=O) groups excluding carboxylic acids is 1. The SMILES string of the molecule is CCCCC(=O)c1cc2c(C)c(C)n(Cc3ccccc3)c2c(N2CCc3ccccc3C2)n1. The van der Waals surface area contributed by atoms with Gasteiger partial charge in [-0.3, -0.25) is 4.79 Å². The van der Waals surface area contributed by atoms with E-state index in [9.17, 15) is 4.79 Å². The van der Waals surface area contributed by atoms with Gasteiger partial charge in [0.05, 0.1) is 5.52 Å². The maximum Gasteiger partial charge on any atom is 0.181 e. The third-order valence-corrected chi connectivity index (χ3v) is 7.25. The number of unbranched alkanes of at least 4 members (excludes halogenated alkanes) is 1. The molecular formula is C30H33N3O. The zero-order chi connectivity index (χ0) is 23.7. The summed E-state index contributed by atoms with van der Waals surface area (Å²) in [5, 5.41) is 1.15. The van der Waals surface area contributed by atoms with E-state index in [1.54, 1.807) is 0 Å². The lowest BCUT2D eigenvalue weighted by Crippen LogP contribution is -2.32. The Balaban J connectivity index is 1.67. The van der Waals surface area contributed by atoms with E-state index in [2.05, 4.69) is 84.8 Å². The number of aromatic nitrogens is 2. The molecule has 174 valence electrons. The number of nitrogens with zero attached hydrogens (tertiary/aromatic N) is 3. The lowest BCUT2D eigenvalue weighted by atomic mass is 9.99. The molecule has 0 N–H and O–H groups in total. The van der Waals surface area contributed by atoms with Gasteiger partial charge in [-0.15, -0.1) is 0 Å². The minimum atomic E-state index is 0.148. The van der Waals surface area contributed by atoms with E-state index in [0.29, 0.717) is 12.1 Å². The van der Waals surface area contributed by atoms with E-state index in [0.717, 1.165) is 55.6 Å². The normalized spacial score (nSPS) is 13.3. The van der Waals surface area contributed by atoms with Crippen LogP contribution in [0.2, 0.25) is 0 Å². The van der Waals surface area contributed by atoms with Crippen molar-refractivity contribution < 1.29 is 4.79 Å². The van der Waals surface area contributed by atoms with E-state index in [1.165, 1.54) is 27.9 Å². The van der Waals surface area contributed by atoms with Crippen LogP contribution in [0.3, 0.4) is 0 Å². The molecule has 0 aliphatic carbocycles. The van der Waals surface area contributed by atoms with Crippen molar-refractivity contribution in [1.82, 2.24) is 9.55 Å². The third-order valence-electron chi connectivity index (χ3n) is 7.25. The fourth-order valence-electron chi connectivity index (χ4n) is 5.11. The molecule has 0 amide bonds. The lowest BCUT2D eigenvalue weighted by Gasteiger charge is -2.31. The molecule has 1 aliphatic heterocycles. The summed E-state index contributed by atoms with van der Waals surface area (Å²) in [6.45, 7) is 9.00. The summed E-state index contributed by atoms with van der Waals surface area (Å²) in [4.78, 5) is 20.5. The topological polar surface area (TPSA) is 38.1 Å². The quantitative estimate of drug-likeness (QED) is 0.296. The van der Waals surface area contributed by atoms with Crippen molar-refractivity contribution in [2.24, 2.45) is 0 Å². The summed E-state index contributed by atoms with van der Waals surface area (Å²) in [5.41, 5.74) is 8.24. The predicted molar refractivity (Wildman–Crippen MR) is 140 cm³/mol. The highest BCUT2D eigenvalue weighted by molar-refractivity contribution is 6.02. The molecule has 0 radical (unpaired) electrons. The van der Waals surface area contributed by atoms with Gasteiger partial charge in [-0.1, -0.05) is 67.9 Å². The van der Waals surface area contributed by atoms with Crippen LogP contribution >= 0.6 is 0 Å². The number of rotatable bonds is 7. The van der Waals surface area contributed by atoms with Gasteiger partial charge in [0.25, 0.3) is 0 Å². The fourth-order valence-corrected chi connectivity index (χ4v) is 5.11. The van der Waals surface area contributed by atoms with Gasteiger partial charge >= 0.3 is 0 Å². The number of Topliss-reactive ketones (excluding diaryl/α,β-unsaturated/α-hetero) is 1. The van der Waals surface area contributed by atoms with Crippen molar-refractivity contribution in [2.45, 2.75) is 59.5 Å². The van der Waals surface area contributed by atoms with Crippen molar-refractivity contribution >= 4 is 22.5 Å². The third kappa shape index (κ3) is 4.13. The van der Waals surface area contributed by atoms with Crippen molar-refractivity contribution in [3.05, 3.63) is 94.3 Å². The van der Waals surface area contributed by atoms with Crippen LogP contribution in [0.4, 0.5) is 5.82 Å². The number of hydrogen-bond donors (Lipinski definition) is 0. The highest BCUT2D eigenvalue weighted by Crippen LogP contribution is 2.35. The van der Waals surface area contributed by atoms with Gasteiger partial charge in [0.1, 0.15) is 5.69 Å². The molecule has 34 heavy (non-hydrogen) atoms. The first-order chi connectivity index (χ1) is 16.6. The second-order valence-corrected chi connectivity index (χ2v) is 9.48. The van der Waals surface area contributed by atoms with Gasteiger partial charge in [0, 0.05) is 37.1 Å². The number of aryl methyl sites for hydroxylation is 1. The van der Waals surface area contributed by atoms with Crippen molar-refractivity contribution in [3.63, 3.8) is 0 Å². The van der Waals surface area contributed by atoms with Crippen LogP contribution in [0.15, 0.2) is 60.7 Å². The number of pyridine rings is 1. The predicted octanol–water partition coefficient (Wildman–Crippen LogP) is 6.64. The van der Waals surface area contributed by atoms with E-state index in [1.807, 2.05) is 6.07 Å². The van der Waals surface area contributed by atoms with Crippen molar-refractivity contribution in [3.8, 4) is 0 Å². The molecule has 0 atom stereocenters. The molecule has 4 heteroatoms. The first-order valence-electron chi connectivity index (χ1n) is 12.5.